The van der Waals surface area contributed by atoms with Gasteiger partial charge in [-0.05, 0) is 22.6 Å². The lowest BCUT2D eigenvalue weighted by Crippen LogP contribution is -2.10. The van der Waals surface area contributed by atoms with Gasteiger partial charge in [0.1, 0.15) is 15.6 Å². The molecule has 3 nitrogen and oxygen atoms in total. The van der Waals surface area contributed by atoms with Crippen LogP contribution in [0.3, 0.4) is 0 Å². The van der Waals surface area contributed by atoms with Crippen LogP contribution in [-0.2, 0) is 11.4 Å². The van der Waals surface area contributed by atoms with Gasteiger partial charge in [0, 0.05) is 0 Å². The van der Waals surface area contributed by atoms with E-state index in [2.05, 4.69) is 4.40 Å². The molecule has 0 bridgehead atoms. The lowest BCUT2D eigenvalue weighted by molar-refractivity contribution is 0.597. The van der Waals surface area contributed by atoms with E-state index in [1.165, 1.54) is 4.22 Å². The zero-order valence-electron chi connectivity index (χ0n) is 3.50. The Balaban J connectivity index is 3.16. The van der Waals surface area contributed by atoms with Crippen molar-refractivity contribution in [2.75, 3.05) is 5.88 Å². The zero-order valence-corrected chi connectivity index (χ0v) is 6.48. The van der Waals surface area contributed by atoms with E-state index in [0.717, 1.165) is 0 Å². The Morgan fingerprint density at radius 2 is 2.57 bits per heavy atom. The summed E-state index contributed by atoms with van der Waals surface area (Å²) in [5.74, 6) is 0.111. The van der Waals surface area contributed by atoms with Gasteiger partial charge in [-0.3, -0.25) is 5.73 Å². The summed E-state index contributed by atoms with van der Waals surface area (Å²) in [7, 11) is 0. The fraction of sp³-hybridized carbons (Fsp3) is 0.500. The Kier molecular flexibility index (Phi) is 5.28. The summed E-state index contributed by atoms with van der Waals surface area (Å²) in [6.45, 7) is 0. The fourth-order valence-electron chi connectivity index (χ4n) is 0.0875. The van der Waals surface area contributed by atoms with Gasteiger partial charge in [0.25, 0.3) is 0 Å². The van der Waals surface area contributed by atoms with Crippen molar-refractivity contribution in [3.05, 3.63) is 0 Å². The molecule has 0 saturated carbocycles. The molecular formula is C2H5IN2OS. The monoisotopic (exact) mass is 232 g/mol. The van der Waals surface area contributed by atoms with Crippen molar-refractivity contribution in [2.45, 2.75) is 0 Å². The van der Waals surface area contributed by atoms with Crippen LogP contribution in [0.25, 0.3) is 0 Å². The predicted octanol–water partition coefficient (Wildman–Crippen LogP) is 0.0296. The largest absolute Gasteiger partial charge is 0.590 e. The summed E-state index contributed by atoms with van der Waals surface area (Å²) in [6, 6.07) is 0. The van der Waals surface area contributed by atoms with Crippen LogP contribution >= 0.6 is 22.6 Å². The summed E-state index contributed by atoms with van der Waals surface area (Å²) in [4.78, 5) is 0. The van der Waals surface area contributed by atoms with E-state index in [1.807, 2.05) is 22.6 Å². The third-order valence-corrected chi connectivity index (χ3v) is 1.58. The first kappa shape index (κ1) is 7.67. The second kappa shape index (κ2) is 4.82. The summed E-state index contributed by atoms with van der Waals surface area (Å²) in [5, 5.41) is 0. The second-order valence-corrected chi connectivity index (χ2v) is 2.44. The van der Waals surface area contributed by atoms with Gasteiger partial charge in [-0.15, -0.1) is 0 Å². The van der Waals surface area contributed by atoms with Crippen molar-refractivity contribution in [3.63, 3.8) is 0 Å². The Morgan fingerprint density at radius 3 is 2.71 bits per heavy atom. The standard InChI is InChI=1S/C2H5IN2OS/c3-1-5-7(6)2-4/h1H,2,4H2. The topological polar surface area (TPSA) is 61.4 Å². The third-order valence-electron chi connectivity index (χ3n) is 0.300. The number of nitrogens with two attached hydrogens (primary N) is 1. The Hall–Kier alpha value is 0.670. The molecule has 0 aromatic rings. The van der Waals surface area contributed by atoms with E-state index in [9.17, 15) is 4.55 Å². The van der Waals surface area contributed by atoms with Gasteiger partial charge >= 0.3 is 0 Å². The molecule has 0 saturated heterocycles. The number of rotatable bonds is 2. The van der Waals surface area contributed by atoms with Crippen LogP contribution in [0.1, 0.15) is 0 Å². The van der Waals surface area contributed by atoms with Crippen molar-refractivity contribution in [2.24, 2.45) is 10.1 Å². The molecule has 2 N–H and O–H groups in total. The molecule has 0 aliphatic rings. The van der Waals surface area contributed by atoms with Crippen molar-refractivity contribution >= 4 is 38.2 Å². The average molecular weight is 232 g/mol. The molecule has 7 heavy (non-hydrogen) atoms. The molecule has 0 aromatic carbocycles. The third kappa shape index (κ3) is 4.52. The van der Waals surface area contributed by atoms with E-state index in [0.29, 0.717) is 0 Å². The van der Waals surface area contributed by atoms with Gasteiger partial charge in [-0.2, -0.15) is 0 Å². The van der Waals surface area contributed by atoms with Crippen LogP contribution in [0, 0.1) is 0 Å². The van der Waals surface area contributed by atoms with Gasteiger partial charge < -0.3 is 4.55 Å². The Labute approximate surface area is 58.8 Å². The van der Waals surface area contributed by atoms with Crippen molar-refractivity contribution in [3.8, 4) is 0 Å². The summed E-state index contributed by atoms with van der Waals surface area (Å²) in [5.41, 5.74) is 4.94. The molecule has 1 atom stereocenters. The van der Waals surface area contributed by atoms with Crippen LogP contribution < -0.4 is 5.73 Å². The Bertz CT molecular complexity index is 68.7. The number of nitrogens with zero attached hydrogens (tertiary/aromatic N) is 1. The normalized spacial score (nSPS) is 15.3. The van der Waals surface area contributed by atoms with Crippen LogP contribution in [-0.4, -0.2) is 14.7 Å². The van der Waals surface area contributed by atoms with E-state index in [4.69, 9.17) is 5.73 Å². The summed E-state index contributed by atoms with van der Waals surface area (Å²) in [6.07, 6.45) is 0. The zero-order chi connectivity index (χ0) is 5.70. The highest BCUT2D eigenvalue weighted by molar-refractivity contribution is 14.1. The molecule has 0 amide bonds. The van der Waals surface area contributed by atoms with Gasteiger partial charge in [-0.1, -0.05) is 4.40 Å². The van der Waals surface area contributed by atoms with E-state index >= 15 is 0 Å². The van der Waals surface area contributed by atoms with Gasteiger partial charge in [-0.25, -0.2) is 0 Å². The maximum atomic E-state index is 10.2. The van der Waals surface area contributed by atoms with Crippen LogP contribution in [0.4, 0.5) is 0 Å². The maximum absolute atomic E-state index is 10.2. The summed E-state index contributed by atoms with van der Waals surface area (Å²) >= 11 is 0.698. The molecule has 0 radical (unpaired) electrons. The van der Waals surface area contributed by atoms with E-state index in [1.54, 1.807) is 0 Å². The molecule has 1 unspecified atom stereocenters. The average Bonchev–Trinajstić information content (AvgIpc) is 1.68. The number of hydrogen-bond donors (Lipinski definition) is 1. The molecule has 0 aliphatic heterocycles. The van der Waals surface area contributed by atoms with E-state index in [-0.39, 0.29) is 5.88 Å². The molecule has 0 aliphatic carbocycles. The van der Waals surface area contributed by atoms with Gasteiger partial charge in [0.05, 0.1) is 0 Å². The van der Waals surface area contributed by atoms with Crippen LogP contribution in [0.2, 0.25) is 0 Å². The van der Waals surface area contributed by atoms with Crippen LogP contribution in [0.15, 0.2) is 4.40 Å². The minimum atomic E-state index is -1.19. The van der Waals surface area contributed by atoms with Crippen LogP contribution in [0.5, 0.6) is 0 Å². The van der Waals surface area contributed by atoms with Gasteiger partial charge in [0.15, 0.2) is 5.88 Å². The number of hydrogen-bond acceptors (Lipinski definition) is 3. The highest BCUT2D eigenvalue weighted by atomic mass is 127. The molecule has 0 heterocycles. The lowest BCUT2D eigenvalue weighted by atomic mass is 11.6. The minimum absolute atomic E-state index is 0.111. The Morgan fingerprint density at radius 1 is 2.00 bits per heavy atom. The van der Waals surface area contributed by atoms with Crippen molar-refractivity contribution < 1.29 is 4.55 Å². The van der Waals surface area contributed by atoms with Crippen molar-refractivity contribution in [1.29, 1.82) is 0 Å². The molecule has 0 aromatic heterocycles. The maximum Gasteiger partial charge on any atom is 0.182 e. The highest BCUT2D eigenvalue weighted by Crippen LogP contribution is 1.86. The van der Waals surface area contributed by atoms with Crippen molar-refractivity contribution in [1.82, 2.24) is 0 Å². The first-order valence-corrected chi connectivity index (χ1v) is 4.04. The SMILES string of the molecule is NC[S+]([O-])N=CI. The molecule has 0 fully saturated rings. The summed E-state index contributed by atoms with van der Waals surface area (Å²) < 4.78 is 15.1. The molecule has 5 heteroatoms. The molecule has 42 valence electrons. The first-order chi connectivity index (χ1) is 3.31. The number of halogens is 1. The highest BCUT2D eigenvalue weighted by Gasteiger charge is 1.92. The predicted molar refractivity (Wildman–Crippen MR) is 39.7 cm³/mol. The second-order valence-electron chi connectivity index (χ2n) is 0.691. The van der Waals surface area contributed by atoms with E-state index < -0.39 is 11.4 Å². The van der Waals surface area contributed by atoms with Gasteiger partial charge in [0.2, 0.25) is 0 Å². The first-order valence-electron chi connectivity index (χ1n) is 1.52. The molecule has 0 rings (SSSR count). The quantitative estimate of drug-likeness (QED) is 0.414. The lowest BCUT2D eigenvalue weighted by Gasteiger charge is -1.94. The molecular weight excluding hydrogens is 227 g/mol. The molecule has 0 spiro atoms. The fourth-order valence-corrected chi connectivity index (χ4v) is 1.02. The minimum Gasteiger partial charge on any atom is -0.590 e. The smallest absolute Gasteiger partial charge is 0.182 e.